The van der Waals surface area contributed by atoms with Crippen molar-refractivity contribution in [2.45, 2.75) is 42.1 Å². The molecule has 0 spiro atoms. The van der Waals surface area contributed by atoms with Gasteiger partial charge in [-0.1, -0.05) is 11.3 Å². The van der Waals surface area contributed by atoms with E-state index in [9.17, 15) is 9.59 Å². The fourth-order valence-electron chi connectivity index (χ4n) is 3.29. The van der Waals surface area contributed by atoms with E-state index in [1.165, 1.54) is 11.3 Å². The van der Waals surface area contributed by atoms with Gasteiger partial charge in [-0.3, -0.25) is 9.59 Å². The van der Waals surface area contributed by atoms with Gasteiger partial charge < -0.3 is 16.0 Å². The van der Waals surface area contributed by atoms with Crippen LogP contribution in [-0.4, -0.2) is 53.5 Å². The minimum Gasteiger partial charge on any atom is -0.340 e. The zero-order valence-corrected chi connectivity index (χ0v) is 15.2. The number of thiophene rings is 1. The van der Waals surface area contributed by atoms with Gasteiger partial charge in [0.05, 0.1) is 0 Å². The second-order valence-electron chi connectivity index (χ2n) is 6.51. The molecule has 0 saturated carbocycles. The molecule has 0 radical (unpaired) electrons. The molecule has 4 heterocycles. The SMILES string of the molecule is CC1(C)S[C@H]2C(NC(=O)C(N)c3cccs3)C(=O)N2C1c1nn[nH]n1. The maximum Gasteiger partial charge on any atom is 0.249 e. The Morgan fingerprint density at radius 2 is 2.32 bits per heavy atom. The molecule has 4 atom stereocenters. The Balaban J connectivity index is 1.50. The summed E-state index contributed by atoms with van der Waals surface area (Å²) in [6.45, 7) is 4.06. The predicted molar refractivity (Wildman–Crippen MR) is 92.4 cm³/mol. The number of nitrogens with two attached hydrogens (primary N) is 1. The van der Waals surface area contributed by atoms with Gasteiger partial charge in [0.15, 0.2) is 5.82 Å². The zero-order chi connectivity index (χ0) is 17.8. The molecule has 2 amide bonds. The van der Waals surface area contributed by atoms with Crippen molar-refractivity contribution in [1.29, 1.82) is 0 Å². The van der Waals surface area contributed by atoms with Crippen LogP contribution in [-0.2, 0) is 9.59 Å². The van der Waals surface area contributed by atoms with E-state index in [0.717, 1.165) is 4.88 Å². The smallest absolute Gasteiger partial charge is 0.249 e. The summed E-state index contributed by atoms with van der Waals surface area (Å²) >= 11 is 3.03. The first-order valence-electron chi connectivity index (χ1n) is 7.73. The third-order valence-corrected chi connectivity index (χ3v) is 7.00. The van der Waals surface area contributed by atoms with Crippen LogP contribution in [0.3, 0.4) is 0 Å². The van der Waals surface area contributed by atoms with Crippen LogP contribution in [0.15, 0.2) is 17.5 Å². The van der Waals surface area contributed by atoms with E-state index in [2.05, 4.69) is 25.9 Å². The van der Waals surface area contributed by atoms with Crippen molar-refractivity contribution in [3.8, 4) is 0 Å². The summed E-state index contributed by atoms with van der Waals surface area (Å²) in [5.74, 6) is -0.0140. The summed E-state index contributed by atoms with van der Waals surface area (Å²) in [5, 5.41) is 18.6. The number of aromatic nitrogens is 4. The van der Waals surface area contributed by atoms with Crippen LogP contribution in [0.5, 0.6) is 0 Å². The molecule has 2 saturated heterocycles. The highest BCUT2D eigenvalue weighted by Gasteiger charge is 2.63. The topological polar surface area (TPSA) is 130 Å². The number of β-lactam (4-membered cyclic amide) rings is 1. The largest absolute Gasteiger partial charge is 0.340 e. The quantitative estimate of drug-likeness (QED) is 0.646. The van der Waals surface area contributed by atoms with Gasteiger partial charge >= 0.3 is 0 Å². The number of aromatic amines is 1. The summed E-state index contributed by atoms with van der Waals surface area (Å²) in [6.07, 6.45) is 0. The number of tetrazole rings is 1. The lowest BCUT2D eigenvalue weighted by atomic mass is 9.95. The molecule has 0 aromatic carbocycles. The number of nitrogens with one attached hydrogen (secondary N) is 2. The number of rotatable bonds is 4. The average molecular weight is 379 g/mol. The highest BCUT2D eigenvalue weighted by atomic mass is 32.2. The molecule has 2 aliphatic rings. The van der Waals surface area contributed by atoms with Gasteiger partial charge in [-0.25, -0.2) is 0 Å². The predicted octanol–water partition coefficient (Wildman–Crippen LogP) is 0.181. The number of hydrogen-bond acceptors (Lipinski definition) is 8. The number of hydrogen-bond donors (Lipinski definition) is 3. The van der Waals surface area contributed by atoms with Gasteiger partial charge in [0.2, 0.25) is 11.8 Å². The molecule has 4 rings (SSSR count). The molecule has 9 nitrogen and oxygen atoms in total. The molecule has 0 aliphatic carbocycles. The van der Waals surface area contributed by atoms with Crippen LogP contribution < -0.4 is 11.1 Å². The summed E-state index contributed by atoms with van der Waals surface area (Å²) in [7, 11) is 0. The van der Waals surface area contributed by atoms with E-state index in [1.807, 2.05) is 31.4 Å². The molecular formula is C14H17N7O2S2. The first-order chi connectivity index (χ1) is 11.9. The van der Waals surface area contributed by atoms with Crippen molar-refractivity contribution in [1.82, 2.24) is 30.8 Å². The molecule has 132 valence electrons. The molecule has 2 aromatic heterocycles. The zero-order valence-electron chi connectivity index (χ0n) is 13.5. The van der Waals surface area contributed by atoms with Gasteiger partial charge in [0.25, 0.3) is 0 Å². The normalized spacial score (nSPS) is 28.4. The summed E-state index contributed by atoms with van der Waals surface area (Å²) < 4.78 is -0.292. The van der Waals surface area contributed by atoms with Crippen LogP contribution in [0.4, 0.5) is 0 Å². The number of H-pyrrole nitrogens is 1. The fourth-order valence-corrected chi connectivity index (χ4v) is 5.65. The van der Waals surface area contributed by atoms with Crippen molar-refractivity contribution in [3.05, 3.63) is 28.2 Å². The lowest BCUT2D eigenvalue weighted by Gasteiger charge is -2.44. The van der Waals surface area contributed by atoms with Crippen molar-refractivity contribution < 1.29 is 9.59 Å². The van der Waals surface area contributed by atoms with Gasteiger partial charge in [0, 0.05) is 9.62 Å². The minimum absolute atomic E-state index is 0.149. The first-order valence-corrected chi connectivity index (χ1v) is 9.49. The van der Waals surface area contributed by atoms with Crippen LogP contribution in [0.1, 0.15) is 36.6 Å². The van der Waals surface area contributed by atoms with Crippen LogP contribution in [0, 0.1) is 0 Å². The average Bonchev–Trinajstić information content (AvgIpc) is 3.30. The Labute approximate surface area is 151 Å². The van der Waals surface area contributed by atoms with Gasteiger partial charge in [-0.15, -0.1) is 33.3 Å². The first kappa shape index (κ1) is 16.5. The molecule has 2 fully saturated rings. The molecule has 11 heteroatoms. The van der Waals surface area contributed by atoms with E-state index in [1.54, 1.807) is 16.7 Å². The number of nitrogens with zero attached hydrogens (tertiary/aromatic N) is 4. The molecule has 2 aliphatic heterocycles. The summed E-state index contributed by atoms with van der Waals surface area (Å²) in [5.41, 5.74) is 5.98. The Bertz CT molecular complexity index is 792. The van der Waals surface area contributed by atoms with Crippen LogP contribution >= 0.6 is 23.1 Å². The second-order valence-corrected chi connectivity index (χ2v) is 9.26. The Hall–Kier alpha value is -1.98. The highest BCUT2D eigenvalue weighted by molar-refractivity contribution is 8.01. The highest BCUT2D eigenvalue weighted by Crippen LogP contribution is 2.56. The molecule has 3 unspecified atom stereocenters. The maximum absolute atomic E-state index is 12.7. The third-order valence-electron chi connectivity index (χ3n) is 4.48. The molecular weight excluding hydrogens is 362 g/mol. The van der Waals surface area contributed by atoms with Gasteiger partial charge in [-0.05, 0) is 25.3 Å². The van der Waals surface area contributed by atoms with E-state index in [0.29, 0.717) is 5.82 Å². The maximum atomic E-state index is 12.7. The van der Waals surface area contributed by atoms with Crippen molar-refractivity contribution >= 4 is 34.9 Å². The van der Waals surface area contributed by atoms with Gasteiger partial charge in [-0.2, -0.15) is 5.21 Å². The number of carbonyl (C=O) groups excluding carboxylic acids is 2. The van der Waals surface area contributed by atoms with E-state index in [4.69, 9.17) is 5.73 Å². The summed E-state index contributed by atoms with van der Waals surface area (Å²) in [6, 6.07) is 2.01. The lowest BCUT2D eigenvalue weighted by molar-refractivity contribution is -0.152. The Kier molecular flexibility index (Phi) is 3.81. The van der Waals surface area contributed by atoms with E-state index in [-0.39, 0.29) is 28.0 Å². The Morgan fingerprint density at radius 3 is 2.96 bits per heavy atom. The molecule has 4 N–H and O–H groups in total. The van der Waals surface area contributed by atoms with Crippen LogP contribution in [0.2, 0.25) is 0 Å². The lowest BCUT2D eigenvalue weighted by Crippen LogP contribution is -2.68. The van der Waals surface area contributed by atoms with Crippen molar-refractivity contribution in [2.75, 3.05) is 0 Å². The summed E-state index contributed by atoms with van der Waals surface area (Å²) in [4.78, 5) is 27.5. The molecule has 25 heavy (non-hydrogen) atoms. The standard InChI is InChI=1S/C14H17N7O2S2/c1-14(2)9(10-17-19-20-18-10)21-12(23)8(13(21)25-14)16-11(22)7(15)6-4-3-5-24-6/h3-5,7-9,13H,15H2,1-2H3,(H,16,22)(H,17,18,19,20)/t7?,8?,9?,13-/m0/s1. The Morgan fingerprint density at radius 1 is 1.52 bits per heavy atom. The molecule has 0 bridgehead atoms. The fraction of sp³-hybridized carbons (Fsp3) is 0.500. The number of amides is 2. The van der Waals surface area contributed by atoms with Crippen molar-refractivity contribution in [2.24, 2.45) is 5.73 Å². The third kappa shape index (κ3) is 2.53. The number of fused-ring (bicyclic) bond motifs is 1. The van der Waals surface area contributed by atoms with Crippen LogP contribution in [0.25, 0.3) is 0 Å². The molecule has 2 aromatic rings. The monoisotopic (exact) mass is 379 g/mol. The number of carbonyl (C=O) groups is 2. The minimum atomic E-state index is -0.769. The van der Waals surface area contributed by atoms with E-state index >= 15 is 0 Å². The number of thioether (sulfide) groups is 1. The second kappa shape index (κ2) is 5.78. The van der Waals surface area contributed by atoms with E-state index < -0.39 is 12.1 Å². The van der Waals surface area contributed by atoms with Crippen molar-refractivity contribution in [3.63, 3.8) is 0 Å². The van der Waals surface area contributed by atoms with Gasteiger partial charge in [0.1, 0.15) is 23.5 Å².